The van der Waals surface area contributed by atoms with E-state index in [1.54, 1.807) is 0 Å². The summed E-state index contributed by atoms with van der Waals surface area (Å²) in [6, 6.07) is -0.966. The van der Waals surface area contributed by atoms with Crippen LogP contribution in [0.5, 0.6) is 0 Å². The van der Waals surface area contributed by atoms with E-state index in [4.69, 9.17) is 0 Å². The van der Waals surface area contributed by atoms with Crippen molar-refractivity contribution in [3.05, 3.63) is 0 Å². The van der Waals surface area contributed by atoms with Crippen LogP contribution >= 0.6 is 0 Å². The van der Waals surface area contributed by atoms with Crippen LogP contribution in [0.3, 0.4) is 0 Å². The number of nitrogens with zero attached hydrogens (tertiary/aromatic N) is 1. The van der Waals surface area contributed by atoms with Crippen molar-refractivity contribution >= 4 is 11.9 Å². The van der Waals surface area contributed by atoms with Gasteiger partial charge in [0.2, 0.25) is 0 Å². The fourth-order valence-electron chi connectivity index (χ4n) is 0.557. The van der Waals surface area contributed by atoms with Crippen LogP contribution in [0.4, 0.5) is 9.28 Å². The first-order valence-electron chi connectivity index (χ1n) is 2.48. The SMILES string of the molecule is O=C1CCNC(=O)N1F. The molecule has 0 atom stereocenters. The summed E-state index contributed by atoms with van der Waals surface area (Å²) >= 11 is 0. The van der Waals surface area contributed by atoms with Gasteiger partial charge >= 0.3 is 6.03 Å². The first-order chi connectivity index (χ1) is 4.22. The lowest BCUT2D eigenvalue weighted by atomic mass is 10.3. The van der Waals surface area contributed by atoms with Crippen molar-refractivity contribution in [3.63, 3.8) is 0 Å². The van der Waals surface area contributed by atoms with Gasteiger partial charge in [0, 0.05) is 13.0 Å². The average molecular weight is 132 g/mol. The van der Waals surface area contributed by atoms with Crippen LogP contribution < -0.4 is 5.32 Å². The monoisotopic (exact) mass is 132 g/mol. The van der Waals surface area contributed by atoms with Gasteiger partial charge in [0.25, 0.3) is 5.91 Å². The summed E-state index contributed by atoms with van der Waals surface area (Å²) in [6.45, 7) is 0.234. The maximum atomic E-state index is 12.0. The van der Waals surface area contributed by atoms with Gasteiger partial charge in [0.15, 0.2) is 0 Å². The van der Waals surface area contributed by atoms with Crippen molar-refractivity contribution in [1.82, 2.24) is 10.4 Å². The van der Waals surface area contributed by atoms with Crippen LogP contribution in [0.25, 0.3) is 0 Å². The molecular weight excluding hydrogens is 127 g/mol. The number of hydrogen-bond acceptors (Lipinski definition) is 2. The Morgan fingerprint density at radius 1 is 1.56 bits per heavy atom. The van der Waals surface area contributed by atoms with Crippen LogP contribution in [0, 0.1) is 0 Å². The molecule has 0 radical (unpaired) electrons. The van der Waals surface area contributed by atoms with Crippen molar-refractivity contribution in [3.8, 4) is 0 Å². The number of nitrogens with one attached hydrogen (secondary N) is 1. The molecule has 50 valence electrons. The molecule has 1 rings (SSSR count). The zero-order valence-electron chi connectivity index (χ0n) is 4.56. The number of carbonyl (C=O) groups excluding carboxylic acids is 2. The van der Waals surface area contributed by atoms with Crippen LogP contribution in [-0.4, -0.2) is 23.6 Å². The molecule has 4 nitrogen and oxygen atoms in total. The lowest BCUT2D eigenvalue weighted by Crippen LogP contribution is -2.45. The highest BCUT2D eigenvalue weighted by Crippen LogP contribution is 1.99. The fraction of sp³-hybridized carbons (Fsp3) is 0.500. The number of urea groups is 1. The Morgan fingerprint density at radius 3 is 2.67 bits per heavy atom. The predicted octanol–water partition coefficient (Wildman–Crippen LogP) is -0.187. The van der Waals surface area contributed by atoms with E-state index in [2.05, 4.69) is 5.32 Å². The topological polar surface area (TPSA) is 49.4 Å². The minimum absolute atomic E-state index is 0.0439. The molecule has 1 aliphatic heterocycles. The van der Waals surface area contributed by atoms with E-state index in [1.807, 2.05) is 0 Å². The quantitative estimate of drug-likeness (QED) is 0.464. The first kappa shape index (κ1) is 6.00. The summed E-state index contributed by atoms with van der Waals surface area (Å²) < 4.78 is 12.0. The van der Waals surface area contributed by atoms with E-state index < -0.39 is 17.1 Å². The van der Waals surface area contributed by atoms with Crippen molar-refractivity contribution in [2.75, 3.05) is 6.54 Å². The number of hydrogen-bond donors (Lipinski definition) is 1. The van der Waals surface area contributed by atoms with E-state index in [0.717, 1.165) is 0 Å². The molecule has 0 aliphatic carbocycles. The van der Waals surface area contributed by atoms with E-state index in [0.29, 0.717) is 0 Å². The maximum absolute atomic E-state index is 12.0. The van der Waals surface area contributed by atoms with Crippen molar-refractivity contribution in [2.24, 2.45) is 0 Å². The Morgan fingerprint density at radius 2 is 2.22 bits per heavy atom. The summed E-state index contributed by atoms with van der Waals surface area (Å²) in [7, 11) is 0. The highest BCUT2D eigenvalue weighted by Gasteiger charge is 2.25. The van der Waals surface area contributed by atoms with Gasteiger partial charge in [-0.2, -0.15) is 0 Å². The number of amides is 3. The predicted molar refractivity (Wildman–Crippen MR) is 26.0 cm³/mol. The summed E-state index contributed by atoms with van der Waals surface area (Å²) in [6.07, 6.45) is 0.0439. The first-order valence-corrected chi connectivity index (χ1v) is 2.48. The molecule has 0 bridgehead atoms. The summed E-state index contributed by atoms with van der Waals surface area (Å²) in [5.41, 5.74) is 0. The molecule has 0 unspecified atom stereocenters. The summed E-state index contributed by atoms with van der Waals surface area (Å²) in [5, 5.41) is 1.74. The zero-order valence-corrected chi connectivity index (χ0v) is 4.56. The molecule has 0 saturated carbocycles. The molecule has 1 saturated heterocycles. The van der Waals surface area contributed by atoms with Gasteiger partial charge in [0.05, 0.1) is 0 Å². The third-order valence-corrected chi connectivity index (χ3v) is 1.01. The normalized spacial score (nSPS) is 19.9. The molecule has 9 heavy (non-hydrogen) atoms. The van der Waals surface area contributed by atoms with Crippen LogP contribution in [0.2, 0.25) is 0 Å². The van der Waals surface area contributed by atoms with Gasteiger partial charge in [-0.25, -0.2) is 4.79 Å². The third kappa shape index (κ3) is 0.984. The molecule has 0 aromatic rings. The molecule has 1 N–H and O–H groups in total. The smallest absolute Gasteiger partial charge is 0.335 e. The Labute approximate surface area is 50.6 Å². The molecule has 1 fully saturated rings. The molecule has 3 amide bonds. The maximum Gasteiger partial charge on any atom is 0.353 e. The molecule has 1 heterocycles. The lowest BCUT2D eigenvalue weighted by molar-refractivity contribution is -0.140. The van der Waals surface area contributed by atoms with E-state index in [-0.39, 0.29) is 13.0 Å². The molecule has 0 aromatic carbocycles. The van der Waals surface area contributed by atoms with Crippen molar-refractivity contribution in [2.45, 2.75) is 6.42 Å². The molecule has 0 spiro atoms. The summed E-state index contributed by atoms with van der Waals surface area (Å²) in [4.78, 5) is 20.5. The standard InChI is InChI=1S/C4H5FN2O2/c5-7-3(8)1-2-6-4(7)9/h1-2H2,(H,6,9). The zero-order chi connectivity index (χ0) is 6.85. The van der Waals surface area contributed by atoms with Crippen LogP contribution in [0.1, 0.15) is 6.42 Å². The van der Waals surface area contributed by atoms with E-state index in [1.165, 1.54) is 0 Å². The number of rotatable bonds is 0. The summed E-state index contributed by atoms with van der Waals surface area (Å²) in [5.74, 6) is -0.779. The van der Waals surface area contributed by atoms with Gasteiger partial charge in [-0.05, 0) is 0 Å². The van der Waals surface area contributed by atoms with Gasteiger partial charge in [0.1, 0.15) is 0 Å². The second-order valence-corrected chi connectivity index (χ2v) is 1.66. The lowest BCUT2D eigenvalue weighted by Gasteiger charge is -2.15. The Kier molecular flexibility index (Phi) is 1.33. The molecule has 1 aliphatic rings. The second-order valence-electron chi connectivity index (χ2n) is 1.66. The van der Waals surface area contributed by atoms with E-state index in [9.17, 15) is 14.1 Å². The van der Waals surface area contributed by atoms with Gasteiger partial charge < -0.3 is 5.32 Å². The highest BCUT2D eigenvalue weighted by atomic mass is 19.2. The van der Waals surface area contributed by atoms with Gasteiger partial charge in [-0.15, -0.1) is 0 Å². The number of imide groups is 1. The molecule has 0 aromatic heterocycles. The van der Waals surface area contributed by atoms with Crippen LogP contribution in [0.15, 0.2) is 0 Å². The van der Waals surface area contributed by atoms with Crippen LogP contribution in [-0.2, 0) is 4.79 Å². The average Bonchev–Trinajstić information content (AvgIpc) is 1.83. The number of carbonyl (C=O) groups is 2. The van der Waals surface area contributed by atoms with Gasteiger partial charge in [-0.1, -0.05) is 9.60 Å². The Hall–Kier alpha value is -1.13. The van der Waals surface area contributed by atoms with Crippen molar-refractivity contribution in [1.29, 1.82) is 0 Å². The van der Waals surface area contributed by atoms with E-state index >= 15 is 0 Å². The minimum Gasteiger partial charge on any atom is -0.335 e. The number of halogens is 1. The fourth-order valence-corrected chi connectivity index (χ4v) is 0.557. The molecule has 5 heteroatoms. The van der Waals surface area contributed by atoms with Gasteiger partial charge in [-0.3, -0.25) is 4.79 Å². The Bertz CT molecular complexity index is 143. The highest BCUT2D eigenvalue weighted by molar-refractivity contribution is 5.95. The Balaban J connectivity index is 2.62. The molecular formula is C4H5FN2O2. The third-order valence-electron chi connectivity index (χ3n) is 1.01. The van der Waals surface area contributed by atoms with Crippen molar-refractivity contribution < 1.29 is 14.1 Å². The largest absolute Gasteiger partial charge is 0.353 e. The second kappa shape index (κ2) is 2.00. The minimum atomic E-state index is -0.966.